The summed E-state index contributed by atoms with van der Waals surface area (Å²) in [4.78, 5) is 0. The van der Waals surface area contributed by atoms with E-state index in [9.17, 15) is 4.39 Å². The fourth-order valence-corrected chi connectivity index (χ4v) is 2.27. The van der Waals surface area contributed by atoms with E-state index in [2.05, 4.69) is 41.8 Å². The molecular formula is C17H19FINO. The molecule has 0 amide bonds. The number of ether oxygens (including phenoxy) is 1. The van der Waals surface area contributed by atoms with E-state index in [0.717, 1.165) is 21.4 Å². The molecule has 2 rings (SSSR count). The number of halogens is 2. The predicted molar refractivity (Wildman–Crippen MR) is 92.2 cm³/mol. The Morgan fingerprint density at radius 2 is 1.86 bits per heavy atom. The first-order valence-corrected chi connectivity index (χ1v) is 8.05. The molecule has 0 bridgehead atoms. The summed E-state index contributed by atoms with van der Waals surface area (Å²) in [6.07, 6.45) is 0. The third kappa shape index (κ3) is 5.28. The summed E-state index contributed by atoms with van der Waals surface area (Å²) in [7, 11) is 0. The third-order valence-electron chi connectivity index (χ3n) is 2.93. The Labute approximate surface area is 138 Å². The van der Waals surface area contributed by atoms with Gasteiger partial charge in [-0.3, -0.25) is 0 Å². The van der Waals surface area contributed by atoms with Crippen LogP contribution in [-0.4, -0.2) is 6.54 Å². The first-order chi connectivity index (χ1) is 10.0. The van der Waals surface area contributed by atoms with Crippen molar-refractivity contribution < 1.29 is 9.13 Å². The van der Waals surface area contributed by atoms with Crippen molar-refractivity contribution in [2.45, 2.75) is 20.4 Å². The van der Waals surface area contributed by atoms with Gasteiger partial charge in [-0.15, -0.1) is 0 Å². The number of nitrogens with one attached hydrogen (secondary N) is 1. The summed E-state index contributed by atoms with van der Waals surface area (Å²) in [5, 5.41) is 3.32. The number of benzene rings is 2. The number of hydrogen-bond acceptors (Lipinski definition) is 2. The molecule has 0 unspecified atom stereocenters. The largest absolute Gasteiger partial charge is 0.457 e. The average molecular weight is 399 g/mol. The van der Waals surface area contributed by atoms with Gasteiger partial charge in [0.15, 0.2) is 0 Å². The van der Waals surface area contributed by atoms with Crippen LogP contribution in [0.3, 0.4) is 0 Å². The van der Waals surface area contributed by atoms with Crippen molar-refractivity contribution >= 4 is 22.6 Å². The second kappa shape index (κ2) is 7.75. The van der Waals surface area contributed by atoms with Gasteiger partial charge in [0.2, 0.25) is 0 Å². The Hall–Kier alpha value is -1.14. The van der Waals surface area contributed by atoms with Gasteiger partial charge in [-0.05, 0) is 77.5 Å². The molecule has 4 heteroatoms. The summed E-state index contributed by atoms with van der Waals surface area (Å²) in [5.41, 5.74) is 0.828. The zero-order valence-electron chi connectivity index (χ0n) is 12.2. The lowest BCUT2D eigenvalue weighted by Crippen LogP contribution is -2.19. The molecule has 0 fully saturated rings. The Morgan fingerprint density at radius 3 is 2.52 bits per heavy atom. The topological polar surface area (TPSA) is 21.3 Å². The third-order valence-corrected chi connectivity index (χ3v) is 3.65. The maximum absolute atomic E-state index is 13.4. The molecule has 0 atom stereocenters. The van der Waals surface area contributed by atoms with E-state index in [1.165, 1.54) is 12.1 Å². The molecule has 0 saturated carbocycles. The zero-order chi connectivity index (χ0) is 15.2. The molecule has 21 heavy (non-hydrogen) atoms. The SMILES string of the molecule is CC(C)CNCc1cc(F)ccc1Oc1ccc(I)cc1. The van der Waals surface area contributed by atoms with Gasteiger partial charge in [0.05, 0.1) is 0 Å². The Bertz CT molecular complexity index is 584. The molecular weight excluding hydrogens is 380 g/mol. The molecule has 0 spiro atoms. The van der Waals surface area contributed by atoms with Crippen molar-refractivity contribution in [1.82, 2.24) is 5.32 Å². The number of hydrogen-bond donors (Lipinski definition) is 1. The van der Waals surface area contributed by atoms with E-state index in [0.29, 0.717) is 18.2 Å². The normalized spacial score (nSPS) is 10.9. The Kier molecular flexibility index (Phi) is 5.99. The van der Waals surface area contributed by atoms with Gasteiger partial charge >= 0.3 is 0 Å². The van der Waals surface area contributed by atoms with Crippen molar-refractivity contribution in [3.05, 3.63) is 57.4 Å². The molecule has 112 valence electrons. The lowest BCUT2D eigenvalue weighted by atomic mass is 10.1. The second-order valence-corrected chi connectivity index (χ2v) is 6.58. The predicted octanol–water partition coefficient (Wildman–Crippen LogP) is 4.97. The monoisotopic (exact) mass is 399 g/mol. The van der Waals surface area contributed by atoms with Crippen LogP contribution in [0.4, 0.5) is 4.39 Å². The van der Waals surface area contributed by atoms with Gasteiger partial charge < -0.3 is 10.1 Å². The smallest absolute Gasteiger partial charge is 0.132 e. The average Bonchev–Trinajstić information content (AvgIpc) is 2.43. The first kappa shape index (κ1) is 16.2. The van der Waals surface area contributed by atoms with Crippen LogP contribution >= 0.6 is 22.6 Å². The summed E-state index contributed by atoms with van der Waals surface area (Å²) in [5.74, 6) is 1.76. The molecule has 2 aromatic rings. The molecule has 2 aromatic carbocycles. The zero-order valence-corrected chi connectivity index (χ0v) is 14.4. The summed E-state index contributed by atoms with van der Waals surface area (Å²) in [6, 6.07) is 12.4. The van der Waals surface area contributed by atoms with Crippen LogP contribution in [-0.2, 0) is 6.54 Å². The molecule has 0 aliphatic carbocycles. The van der Waals surface area contributed by atoms with Gasteiger partial charge in [0.25, 0.3) is 0 Å². The van der Waals surface area contributed by atoms with E-state index in [1.54, 1.807) is 6.07 Å². The van der Waals surface area contributed by atoms with Gasteiger partial charge in [-0.25, -0.2) is 4.39 Å². The van der Waals surface area contributed by atoms with E-state index < -0.39 is 0 Å². The summed E-state index contributed by atoms with van der Waals surface area (Å²) < 4.78 is 20.5. The van der Waals surface area contributed by atoms with Crippen molar-refractivity contribution in [1.29, 1.82) is 0 Å². The molecule has 0 heterocycles. The molecule has 1 N–H and O–H groups in total. The van der Waals surface area contributed by atoms with Crippen LogP contribution in [0.5, 0.6) is 11.5 Å². The molecule has 0 aliphatic rings. The van der Waals surface area contributed by atoms with Crippen LogP contribution in [0.1, 0.15) is 19.4 Å². The molecule has 2 nitrogen and oxygen atoms in total. The lowest BCUT2D eigenvalue weighted by molar-refractivity contribution is 0.466. The van der Waals surface area contributed by atoms with E-state index in [1.807, 2.05) is 24.3 Å². The molecule has 0 saturated heterocycles. The second-order valence-electron chi connectivity index (χ2n) is 5.33. The standard InChI is InChI=1S/C17H19FINO/c1-12(2)10-20-11-13-9-14(18)3-8-17(13)21-16-6-4-15(19)5-7-16/h3-9,12,20H,10-11H2,1-2H3. The highest BCUT2D eigenvalue weighted by Crippen LogP contribution is 2.26. The highest BCUT2D eigenvalue weighted by Gasteiger charge is 2.07. The highest BCUT2D eigenvalue weighted by molar-refractivity contribution is 14.1. The maximum atomic E-state index is 13.4. The van der Waals surface area contributed by atoms with Gasteiger partial charge in [-0.2, -0.15) is 0 Å². The fourth-order valence-electron chi connectivity index (χ4n) is 1.91. The minimum Gasteiger partial charge on any atom is -0.457 e. The van der Waals surface area contributed by atoms with Crippen LogP contribution in [0.15, 0.2) is 42.5 Å². The highest BCUT2D eigenvalue weighted by atomic mass is 127. The van der Waals surface area contributed by atoms with Crippen LogP contribution in [0.25, 0.3) is 0 Å². The Morgan fingerprint density at radius 1 is 1.14 bits per heavy atom. The van der Waals surface area contributed by atoms with Crippen LogP contribution in [0.2, 0.25) is 0 Å². The summed E-state index contributed by atoms with van der Waals surface area (Å²) in [6.45, 7) is 5.76. The molecule has 0 aromatic heterocycles. The lowest BCUT2D eigenvalue weighted by Gasteiger charge is -2.13. The molecule has 0 radical (unpaired) electrons. The Balaban J connectivity index is 2.12. The van der Waals surface area contributed by atoms with Gasteiger partial charge in [0.1, 0.15) is 17.3 Å². The van der Waals surface area contributed by atoms with Gasteiger partial charge in [0, 0.05) is 15.7 Å². The van der Waals surface area contributed by atoms with E-state index >= 15 is 0 Å². The van der Waals surface area contributed by atoms with Crippen molar-refractivity contribution in [2.75, 3.05) is 6.54 Å². The van der Waals surface area contributed by atoms with Crippen molar-refractivity contribution in [3.8, 4) is 11.5 Å². The maximum Gasteiger partial charge on any atom is 0.132 e. The minimum atomic E-state index is -0.244. The fraction of sp³-hybridized carbons (Fsp3) is 0.294. The first-order valence-electron chi connectivity index (χ1n) is 6.97. The quantitative estimate of drug-likeness (QED) is 0.693. The van der Waals surface area contributed by atoms with Crippen molar-refractivity contribution in [2.24, 2.45) is 5.92 Å². The summed E-state index contributed by atoms with van der Waals surface area (Å²) >= 11 is 2.25. The van der Waals surface area contributed by atoms with Gasteiger partial charge in [-0.1, -0.05) is 13.8 Å². The number of rotatable bonds is 6. The van der Waals surface area contributed by atoms with E-state index in [-0.39, 0.29) is 5.82 Å². The van der Waals surface area contributed by atoms with Crippen LogP contribution < -0.4 is 10.1 Å². The van der Waals surface area contributed by atoms with Crippen LogP contribution in [0, 0.1) is 15.3 Å². The van der Waals surface area contributed by atoms with Crippen molar-refractivity contribution in [3.63, 3.8) is 0 Å². The molecule has 0 aliphatic heterocycles. The van der Waals surface area contributed by atoms with E-state index in [4.69, 9.17) is 4.74 Å². The minimum absolute atomic E-state index is 0.244.